The summed E-state index contributed by atoms with van der Waals surface area (Å²) < 4.78 is 0. The highest BCUT2D eigenvalue weighted by Crippen LogP contribution is 2.22. The zero-order valence-electron chi connectivity index (χ0n) is 4.41. The maximum Gasteiger partial charge on any atom is 0.153 e. The fourth-order valence-corrected chi connectivity index (χ4v) is 1.41. The summed E-state index contributed by atoms with van der Waals surface area (Å²) in [6.45, 7) is 0. The average Bonchev–Trinajstić information content (AvgIpc) is 2.37. The first-order chi connectivity index (χ1) is 4.34. The number of nitriles is 1. The number of alkyl halides is 1. The lowest BCUT2D eigenvalue weighted by molar-refractivity contribution is 1.18. The Morgan fingerprint density at radius 2 is 2.67 bits per heavy atom. The molecule has 0 aliphatic heterocycles. The smallest absolute Gasteiger partial charge is 0.153 e. The molecule has 4 heteroatoms. The molecule has 0 aliphatic rings. The zero-order chi connectivity index (χ0) is 6.69. The molecular weight excluding hydrogens is 200 g/mol. The molecule has 2 nitrogen and oxygen atoms in total. The lowest BCUT2D eigenvalue weighted by Gasteiger charge is -1.88. The molecule has 1 aromatic rings. The summed E-state index contributed by atoms with van der Waals surface area (Å²) in [5, 5.41) is 11.0. The van der Waals surface area contributed by atoms with E-state index in [1.807, 2.05) is 11.4 Å². The number of nitrogens with zero attached hydrogens (tertiary/aromatic N) is 2. The summed E-state index contributed by atoms with van der Waals surface area (Å²) in [5.41, 5.74) is 0. The molecule has 0 N–H and O–H groups in total. The van der Waals surface area contributed by atoms with Gasteiger partial charge in [-0.2, -0.15) is 5.26 Å². The fourth-order valence-electron chi connectivity index (χ4n) is 0.415. The van der Waals surface area contributed by atoms with Gasteiger partial charge in [-0.15, -0.1) is 11.3 Å². The molecule has 1 aromatic heterocycles. The van der Waals surface area contributed by atoms with Gasteiger partial charge < -0.3 is 0 Å². The standard InChI is InChI=1S/C5H3BrN2S/c6-4(3-7)5-8-1-2-9-5/h1-2,4H. The van der Waals surface area contributed by atoms with E-state index < -0.39 is 0 Å². The third-order valence-corrected chi connectivity index (χ3v) is 2.56. The Balaban J connectivity index is 2.80. The van der Waals surface area contributed by atoms with Crippen LogP contribution in [-0.4, -0.2) is 4.98 Å². The quantitative estimate of drug-likeness (QED) is 0.655. The van der Waals surface area contributed by atoms with Crippen molar-refractivity contribution in [2.24, 2.45) is 0 Å². The summed E-state index contributed by atoms with van der Waals surface area (Å²) in [4.78, 5) is 3.70. The maximum atomic E-state index is 8.38. The first kappa shape index (κ1) is 6.72. The van der Waals surface area contributed by atoms with E-state index in [0.717, 1.165) is 5.01 Å². The highest BCUT2D eigenvalue weighted by molar-refractivity contribution is 9.09. The van der Waals surface area contributed by atoms with E-state index in [0.29, 0.717) is 0 Å². The van der Waals surface area contributed by atoms with Gasteiger partial charge in [-0.05, 0) is 0 Å². The number of rotatable bonds is 1. The van der Waals surface area contributed by atoms with E-state index in [4.69, 9.17) is 5.26 Å². The monoisotopic (exact) mass is 202 g/mol. The maximum absolute atomic E-state index is 8.38. The van der Waals surface area contributed by atoms with Gasteiger partial charge in [-0.3, -0.25) is 0 Å². The Hall–Kier alpha value is -0.400. The van der Waals surface area contributed by atoms with Crippen LogP contribution in [0.1, 0.15) is 9.83 Å². The van der Waals surface area contributed by atoms with Gasteiger partial charge in [-0.25, -0.2) is 4.98 Å². The SMILES string of the molecule is N#CC(Br)c1nccs1. The second-order valence-corrected chi connectivity index (χ2v) is 3.20. The molecule has 0 aliphatic carbocycles. The summed E-state index contributed by atoms with van der Waals surface area (Å²) in [6, 6.07) is 2.03. The Kier molecular flexibility index (Phi) is 2.20. The fraction of sp³-hybridized carbons (Fsp3) is 0.200. The molecule has 1 heterocycles. The lowest BCUT2D eigenvalue weighted by atomic mass is 10.5. The Bertz CT molecular complexity index is 213. The van der Waals surface area contributed by atoms with Crippen LogP contribution in [0.2, 0.25) is 0 Å². The van der Waals surface area contributed by atoms with Crippen LogP contribution in [0, 0.1) is 11.3 Å². The normalized spacial score (nSPS) is 12.4. The van der Waals surface area contributed by atoms with Crippen LogP contribution in [-0.2, 0) is 0 Å². The van der Waals surface area contributed by atoms with Crippen molar-refractivity contribution in [3.05, 3.63) is 16.6 Å². The number of halogens is 1. The van der Waals surface area contributed by atoms with E-state index in [9.17, 15) is 0 Å². The van der Waals surface area contributed by atoms with Crippen molar-refractivity contribution in [1.82, 2.24) is 4.98 Å². The van der Waals surface area contributed by atoms with Crippen LogP contribution in [0.4, 0.5) is 0 Å². The number of aromatic nitrogens is 1. The second kappa shape index (κ2) is 2.95. The van der Waals surface area contributed by atoms with Gasteiger partial charge in [0.2, 0.25) is 0 Å². The molecule has 0 saturated carbocycles. The topological polar surface area (TPSA) is 36.7 Å². The average molecular weight is 203 g/mol. The highest BCUT2D eigenvalue weighted by atomic mass is 79.9. The van der Waals surface area contributed by atoms with Crippen molar-refractivity contribution in [3.63, 3.8) is 0 Å². The molecule has 46 valence electrons. The highest BCUT2D eigenvalue weighted by Gasteiger charge is 2.06. The van der Waals surface area contributed by atoms with Gasteiger partial charge >= 0.3 is 0 Å². The van der Waals surface area contributed by atoms with Crippen LogP contribution < -0.4 is 0 Å². The molecule has 0 fully saturated rings. The van der Waals surface area contributed by atoms with Crippen molar-refractivity contribution in [2.75, 3.05) is 0 Å². The van der Waals surface area contributed by atoms with Gasteiger partial charge in [0, 0.05) is 11.6 Å². The third kappa shape index (κ3) is 1.50. The Morgan fingerprint density at radius 3 is 3.11 bits per heavy atom. The molecule has 0 bridgehead atoms. The van der Waals surface area contributed by atoms with Crippen LogP contribution in [0.5, 0.6) is 0 Å². The van der Waals surface area contributed by atoms with Crippen LogP contribution in [0.3, 0.4) is 0 Å². The summed E-state index contributed by atoms with van der Waals surface area (Å²) in [6.07, 6.45) is 1.69. The lowest BCUT2D eigenvalue weighted by Crippen LogP contribution is -1.80. The Morgan fingerprint density at radius 1 is 1.89 bits per heavy atom. The summed E-state index contributed by atoms with van der Waals surface area (Å²) in [5.74, 6) is 0. The van der Waals surface area contributed by atoms with Gasteiger partial charge in [0.15, 0.2) is 4.83 Å². The predicted molar refractivity (Wildman–Crippen MR) is 39.4 cm³/mol. The van der Waals surface area contributed by atoms with E-state index >= 15 is 0 Å². The molecule has 0 saturated heterocycles. The van der Waals surface area contributed by atoms with Gasteiger partial charge in [0.25, 0.3) is 0 Å². The minimum Gasteiger partial charge on any atom is -0.247 e. The van der Waals surface area contributed by atoms with Crippen LogP contribution in [0.15, 0.2) is 11.6 Å². The molecule has 1 atom stereocenters. The van der Waals surface area contributed by atoms with Crippen molar-refractivity contribution in [1.29, 1.82) is 5.26 Å². The molecular formula is C5H3BrN2S. The summed E-state index contributed by atoms with van der Waals surface area (Å²) in [7, 11) is 0. The summed E-state index contributed by atoms with van der Waals surface area (Å²) >= 11 is 4.63. The van der Waals surface area contributed by atoms with Gasteiger partial charge in [0.1, 0.15) is 5.01 Å². The number of thiazole rings is 1. The first-order valence-corrected chi connectivity index (χ1v) is 4.07. The molecule has 0 spiro atoms. The molecule has 0 radical (unpaired) electrons. The van der Waals surface area contributed by atoms with Crippen molar-refractivity contribution >= 4 is 27.3 Å². The first-order valence-electron chi connectivity index (χ1n) is 2.27. The van der Waals surface area contributed by atoms with E-state index in [-0.39, 0.29) is 4.83 Å². The number of hydrogen-bond donors (Lipinski definition) is 0. The largest absolute Gasteiger partial charge is 0.247 e. The van der Waals surface area contributed by atoms with E-state index in [2.05, 4.69) is 20.9 Å². The molecule has 9 heavy (non-hydrogen) atoms. The minimum absolute atomic E-state index is 0.238. The molecule has 0 aromatic carbocycles. The van der Waals surface area contributed by atoms with Crippen LogP contribution in [0.25, 0.3) is 0 Å². The van der Waals surface area contributed by atoms with E-state index in [1.165, 1.54) is 11.3 Å². The minimum atomic E-state index is -0.238. The zero-order valence-corrected chi connectivity index (χ0v) is 6.82. The van der Waals surface area contributed by atoms with Crippen LogP contribution >= 0.6 is 27.3 Å². The second-order valence-electron chi connectivity index (χ2n) is 1.36. The van der Waals surface area contributed by atoms with Crippen molar-refractivity contribution < 1.29 is 0 Å². The third-order valence-electron chi connectivity index (χ3n) is 0.782. The molecule has 1 rings (SSSR count). The van der Waals surface area contributed by atoms with E-state index in [1.54, 1.807) is 6.20 Å². The van der Waals surface area contributed by atoms with Crippen molar-refractivity contribution in [2.45, 2.75) is 4.83 Å². The molecule has 0 amide bonds. The molecule has 1 unspecified atom stereocenters. The number of hydrogen-bond acceptors (Lipinski definition) is 3. The van der Waals surface area contributed by atoms with Gasteiger partial charge in [-0.1, -0.05) is 15.9 Å². The Labute approximate surface area is 65.3 Å². The predicted octanol–water partition coefficient (Wildman–Crippen LogP) is 2.10. The van der Waals surface area contributed by atoms with Gasteiger partial charge in [0.05, 0.1) is 6.07 Å². The van der Waals surface area contributed by atoms with Crippen molar-refractivity contribution in [3.8, 4) is 6.07 Å².